The van der Waals surface area contributed by atoms with Gasteiger partial charge < -0.3 is 5.32 Å². The van der Waals surface area contributed by atoms with Gasteiger partial charge in [-0.3, -0.25) is 4.90 Å². The molecule has 2 saturated heterocycles. The molecule has 2 heterocycles. The van der Waals surface area contributed by atoms with Crippen LogP contribution in [0, 0.1) is 11.8 Å². The molecule has 2 fully saturated rings. The smallest absolute Gasteiger partial charge is 0.0722 e. The minimum absolute atomic E-state index is 0.427. The van der Waals surface area contributed by atoms with E-state index in [1.54, 1.807) is 0 Å². The van der Waals surface area contributed by atoms with Crippen molar-refractivity contribution in [3.63, 3.8) is 0 Å². The number of nitrogens with one attached hydrogen (secondary N) is 1. The average Bonchev–Trinajstić information content (AvgIpc) is 2.80. The molecule has 0 bridgehead atoms. The van der Waals surface area contributed by atoms with Crippen molar-refractivity contribution in [2.45, 2.75) is 24.9 Å². The number of nitrogens with zero attached hydrogens (tertiary/aromatic N) is 1. The number of hydrogen-bond donors (Lipinski definition) is 1. The quantitative estimate of drug-likeness (QED) is 0.719. The Morgan fingerprint density at radius 2 is 2.28 bits per heavy atom. The number of hydrogen-bond acceptors (Lipinski definition) is 2. The molecule has 0 spiro atoms. The lowest BCUT2D eigenvalue weighted by Gasteiger charge is -2.32. The predicted octanol–water partition coefficient (Wildman–Crippen LogP) is 2.13. The Balaban J connectivity index is 1.73. The van der Waals surface area contributed by atoms with E-state index in [0.29, 0.717) is 12.1 Å². The first-order chi connectivity index (χ1) is 8.83. The minimum Gasteiger partial charge on any atom is -0.314 e. The second kappa shape index (κ2) is 5.32. The second-order valence-corrected chi connectivity index (χ2v) is 5.41. The molecule has 18 heavy (non-hydrogen) atoms. The maximum Gasteiger partial charge on any atom is 0.0722 e. The lowest BCUT2D eigenvalue weighted by Crippen LogP contribution is -2.50. The van der Waals surface area contributed by atoms with Crippen LogP contribution in [-0.4, -0.2) is 36.6 Å². The van der Waals surface area contributed by atoms with E-state index in [4.69, 9.17) is 11.6 Å². The van der Waals surface area contributed by atoms with Crippen LogP contribution in [0.2, 0.25) is 5.02 Å². The fourth-order valence-electron chi connectivity index (χ4n) is 2.86. The van der Waals surface area contributed by atoms with Gasteiger partial charge in [-0.1, -0.05) is 29.5 Å². The summed E-state index contributed by atoms with van der Waals surface area (Å²) in [4.78, 5) is 2.55. The topological polar surface area (TPSA) is 15.3 Å². The fraction of sp³-hybridized carbons (Fsp3) is 0.467. The van der Waals surface area contributed by atoms with Crippen LogP contribution in [0.15, 0.2) is 24.3 Å². The summed E-state index contributed by atoms with van der Waals surface area (Å²) in [5.41, 5.74) is 1.01. The Kier molecular flexibility index (Phi) is 3.56. The van der Waals surface area contributed by atoms with E-state index in [-0.39, 0.29) is 0 Å². The standard InChI is InChI=1S/C15H17ClN2/c16-13-3-1-2-12(10-13)4-5-14-6-7-15-11-17-8-9-18(14)15/h1-3,10,14-15,17H,6-9,11H2. The van der Waals surface area contributed by atoms with Crippen LogP contribution >= 0.6 is 11.6 Å². The van der Waals surface area contributed by atoms with Gasteiger partial charge in [-0.15, -0.1) is 0 Å². The molecule has 1 aromatic carbocycles. The number of piperazine rings is 1. The first kappa shape index (κ1) is 12.0. The zero-order valence-electron chi connectivity index (χ0n) is 10.3. The number of rotatable bonds is 0. The Morgan fingerprint density at radius 1 is 1.33 bits per heavy atom. The molecule has 2 aliphatic heterocycles. The molecule has 0 aromatic heterocycles. The Labute approximate surface area is 113 Å². The highest BCUT2D eigenvalue weighted by Crippen LogP contribution is 2.24. The van der Waals surface area contributed by atoms with Gasteiger partial charge in [-0.05, 0) is 31.0 Å². The minimum atomic E-state index is 0.427. The summed E-state index contributed by atoms with van der Waals surface area (Å²) >= 11 is 5.96. The van der Waals surface area contributed by atoms with Crippen LogP contribution < -0.4 is 5.32 Å². The second-order valence-electron chi connectivity index (χ2n) is 4.97. The Bertz CT molecular complexity index is 489. The van der Waals surface area contributed by atoms with E-state index in [0.717, 1.165) is 30.2 Å². The molecule has 3 heteroatoms. The van der Waals surface area contributed by atoms with Crippen LogP contribution in [0.1, 0.15) is 18.4 Å². The third-order valence-corrected chi connectivity index (χ3v) is 4.01. The molecule has 2 unspecified atom stereocenters. The zero-order valence-corrected chi connectivity index (χ0v) is 11.1. The maximum absolute atomic E-state index is 5.96. The highest BCUT2D eigenvalue weighted by Gasteiger charge is 2.33. The van der Waals surface area contributed by atoms with E-state index >= 15 is 0 Å². The summed E-state index contributed by atoms with van der Waals surface area (Å²) in [7, 11) is 0. The summed E-state index contributed by atoms with van der Waals surface area (Å²) < 4.78 is 0. The van der Waals surface area contributed by atoms with Gasteiger partial charge in [0.15, 0.2) is 0 Å². The number of halogens is 1. The van der Waals surface area contributed by atoms with Crippen LogP contribution in [-0.2, 0) is 0 Å². The largest absolute Gasteiger partial charge is 0.314 e. The van der Waals surface area contributed by atoms with Crippen molar-refractivity contribution in [3.8, 4) is 11.8 Å². The number of benzene rings is 1. The van der Waals surface area contributed by atoms with Crippen molar-refractivity contribution < 1.29 is 0 Å². The van der Waals surface area contributed by atoms with Gasteiger partial charge in [0.1, 0.15) is 0 Å². The highest BCUT2D eigenvalue weighted by molar-refractivity contribution is 6.30. The van der Waals surface area contributed by atoms with Crippen LogP contribution in [0.5, 0.6) is 0 Å². The predicted molar refractivity (Wildman–Crippen MR) is 74.7 cm³/mol. The SMILES string of the molecule is Clc1cccc(C#CC2CCC3CNCCN23)c1. The molecule has 2 nitrogen and oxygen atoms in total. The third-order valence-electron chi connectivity index (χ3n) is 3.78. The van der Waals surface area contributed by atoms with Crippen molar-refractivity contribution in [3.05, 3.63) is 34.9 Å². The molecule has 0 radical (unpaired) electrons. The average molecular weight is 261 g/mol. The van der Waals surface area contributed by atoms with Crippen LogP contribution in [0.25, 0.3) is 0 Å². The summed E-state index contributed by atoms with van der Waals surface area (Å²) in [6.45, 7) is 3.33. The maximum atomic E-state index is 5.96. The van der Waals surface area contributed by atoms with Gasteiger partial charge in [0.25, 0.3) is 0 Å². The first-order valence-electron chi connectivity index (χ1n) is 6.56. The van der Waals surface area contributed by atoms with Crippen molar-refractivity contribution in [1.29, 1.82) is 0 Å². The summed E-state index contributed by atoms with van der Waals surface area (Å²) in [5, 5.41) is 4.21. The van der Waals surface area contributed by atoms with Crippen molar-refractivity contribution in [1.82, 2.24) is 10.2 Å². The molecule has 2 atom stereocenters. The summed E-state index contributed by atoms with van der Waals surface area (Å²) in [6, 6.07) is 8.90. The Hall–Kier alpha value is -1.01. The van der Waals surface area contributed by atoms with Crippen molar-refractivity contribution in [2.75, 3.05) is 19.6 Å². The molecule has 1 N–H and O–H groups in total. The molecule has 2 aliphatic rings. The van der Waals surface area contributed by atoms with Crippen LogP contribution in [0.4, 0.5) is 0 Å². The monoisotopic (exact) mass is 260 g/mol. The van der Waals surface area contributed by atoms with Gasteiger partial charge in [0.05, 0.1) is 6.04 Å². The molecule has 1 aromatic rings. The lowest BCUT2D eigenvalue weighted by molar-refractivity contribution is 0.187. The molecular formula is C15H17ClN2. The molecule has 3 rings (SSSR count). The Morgan fingerprint density at radius 3 is 3.17 bits per heavy atom. The molecule has 0 amide bonds. The van der Waals surface area contributed by atoms with E-state index in [2.05, 4.69) is 22.1 Å². The fourth-order valence-corrected chi connectivity index (χ4v) is 3.05. The van der Waals surface area contributed by atoms with Gasteiger partial charge in [-0.25, -0.2) is 0 Å². The lowest BCUT2D eigenvalue weighted by atomic mass is 10.1. The molecule has 0 aliphatic carbocycles. The summed E-state index contributed by atoms with van der Waals surface area (Å²) in [5.74, 6) is 6.68. The zero-order chi connectivity index (χ0) is 12.4. The van der Waals surface area contributed by atoms with E-state index < -0.39 is 0 Å². The van der Waals surface area contributed by atoms with Crippen molar-refractivity contribution >= 4 is 11.6 Å². The third kappa shape index (κ3) is 2.54. The van der Waals surface area contributed by atoms with Crippen molar-refractivity contribution in [2.24, 2.45) is 0 Å². The first-order valence-corrected chi connectivity index (χ1v) is 6.94. The molecule has 94 valence electrons. The van der Waals surface area contributed by atoms with E-state index in [1.807, 2.05) is 24.3 Å². The van der Waals surface area contributed by atoms with Gasteiger partial charge in [0, 0.05) is 36.3 Å². The van der Waals surface area contributed by atoms with E-state index in [9.17, 15) is 0 Å². The molecular weight excluding hydrogens is 244 g/mol. The van der Waals surface area contributed by atoms with Gasteiger partial charge in [-0.2, -0.15) is 0 Å². The van der Waals surface area contributed by atoms with E-state index in [1.165, 1.54) is 12.8 Å². The number of fused-ring (bicyclic) bond motifs is 1. The summed E-state index contributed by atoms with van der Waals surface area (Å²) in [6.07, 6.45) is 2.46. The normalized spacial score (nSPS) is 27.4. The van der Waals surface area contributed by atoms with Crippen LogP contribution in [0.3, 0.4) is 0 Å². The highest BCUT2D eigenvalue weighted by atomic mass is 35.5. The molecule has 0 saturated carbocycles. The van der Waals surface area contributed by atoms with Gasteiger partial charge in [0.2, 0.25) is 0 Å². The van der Waals surface area contributed by atoms with Gasteiger partial charge >= 0.3 is 0 Å².